The first-order valence-corrected chi connectivity index (χ1v) is 5.79. The minimum absolute atomic E-state index is 0.274. The number of ether oxygens (including phenoxy) is 1. The van der Waals surface area contributed by atoms with Crippen LogP contribution in [0.2, 0.25) is 0 Å². The Morgan fingerprint density at radius 1 is 1.59 bits per heavy atom. The molecule has 1 fully saturated rings. The molecule has 0 saturated carbocycles. The van der Waals surface area contributed by atoms with Crippen LogP contribution in [0, 0.1) is 11.3 Å². The van der Waals surface area contributed by atoms with Crippen molar-refractivity contribution in [2.75, 3.05) is 25.1 Å². The topological polar surface area (TPSA) is 62.3 Å². The van der Waals surface area contributed by atoms with Gasteiger partial charge in [0.05, 0.1) is 17.4 Å². The van der Waals surface area contributed by atoms with Crippen LogP contribution in [0.1, 0.15) is 17.5 Å². The molecule has 2 rings (SSSR count). The average molecular weight is 231 g/mol. The number of benzene rings is 1. The molecule has 1 aliphatic rings. The average Bonchev–Trinajstić information content (AvgIpc) is 2.86. The van der Waals surface area contributed by atoms with E-state index in [9.17, 15) is 5.26 Å². The second kappa shape index (κ2) is 5.17. The highest BCUT2D eigenvalue weighted by Gasteiger charge is 2.23. The smallest absolute Gasteiger partial charge is 0.101 e. The minimum Gasteiger partial charge on any atom is -0.380 e. The molecule has 90 valence electrons. The zero-order chi connectivity index (χ0) is 12.3. The SMILES string of the molecule is COC1CCN(c2ccc(CN)cc2C#N)C1. The molecular formula is C13H17N3O. The Balaban J connectivity index is 2.24. The Labute approximate surface area is 102 Å². The third-order valence-corrected chi connectivity index (χ3v) is 3.24. The summed E-state index contributed by atoms with van der Waals surface area (Å²) in [5.74, 6) is 0. The highest BCUT2D eigenvalue weighted by atomic mass is 16.5. The van der Waals surface area contributed by atoms with E-state index in [1.165, 1.54) is 0 Å². The van der Waals surface area contributed by atoms with E-state index in [1.807, 2.05) is 18.2 Å². The highest BCUT2D eigenvalue weighted by molar-refractivity contribution is 5.61. The Hall–Kier alpha value is -1.57. The molecule has 4 heteroatoms. The standard InChI is InChI=1S/C13H17N3O/c1-17-12-4-5-16(9-12)13-3-2-10(7-14)6-11(13)8-15/h2-3,6,12H,4-5,7,9,14H2,1H3. The molecule has 1 unspecified atom stereocenters. The fourth-order valence-corrected chi connectivity index (χ4v) is 2.21. The van der Waals surface area contributed by atoms with Gasteiger partial charge in [-0.25, -0.2) is 0 Å². The monoisotopic (exact) mass is 231 g/mol. The highest BCUT2D eigenvalue weighted by Crippen LogP contribution is 2.26. The zero-order valence-electron chi connectivity index (χ0n) is 10.0. The maximum Gasteiger partial charge on any atom is 0.101 e. The summed E-state index contributed by atoms with van der Waals surface area (Å²) >= 11 is 0. The molecule has 1 aromatic rings. The molecule has 0 amide bonds. The van der Waals surface area contributed by atoms with Gasteiger partial charge in [-0.05, 0) is 24.1 Å². The van der Waals surface area contributed by atoms with Crippen LogP contribution in [0.25, 0.3) is 0 Å². The first kappa shape index (κ1) is 11.9. The van der Waals surface area contributed by atoms with E-state index < -0.39 is 0 Å². The summed E-state index contributed by atoms with van der Waals surface area (Å²) in [5.41, 5.74) is 8.26. The molecule has 4 nitrogen and oxygen atoms in total. The van der Waals surface area contributed by atoms with Gasteiger partial charge in [-0.3, -0.25) is 0 Å². The van der Waals surface area contributed by atoms with E-state index in [-0.39, 0.29) is 6.10 Å². The fourth-order valence-electron chi connectivity index (χ4n) is 2.21. The second-order valence-electron chi connectivity index (χ2n) is 4.26. The van der Waals surface area contributed by atoms with Crippen molar-refractivity contribution in [1.82, 2.24) is 0 Å². The van der Waals surface area contributed by atoms with Gasteiger partial charge in [0.2, 0.25) is 0 Å². The summed E-state index contributed by atoms with van der Waals surface area (Å²) < 4.78 is 5.34. The summed E-state index contributed by atoms with van der Waals surface area (Å²) in [6.45, 7) is 2.26. The molecule has 0 aliphatic carbocycles. The molecule has 1 saturated heterocycles. The van der Waals surface area contributed by atoms with E-state index in [0.29, 0.717) is 12.1 Å². The second-order valence-corrected chi connectivity index (χ2v) is 4.26. The van der Waals surface area contributed by atoms with E-state index in [4.69, 9.17) is 10.5 Å². The molecule has 1 aliphatic heterocycles. The fraction of sp³-hybridized carbons (Fsp3) is 0.462. The Kier molecular flexibility index (Phi) is 3.62. The lowest BCUT2D eigenvalue weighted by Crippen LogP contribution is -2.23. The van der Waals surface area contributed by atoms with E-state index in [2.05, 4.69) is 11.0 Å². The Morgan fingerprint density at radius 2 is 2.41 bits per heavy atom. The van der Waals surface area contributed by atoms with E-state index in [1.54, 1.807) is 7.11 Å². The zero-order valence-corrected chi connectivity index (χ0v) is 10.0. The number of methoxy groups -OCH3 is 1. The van der Waals surface area contributed by atoms with Crippen LogP contribution in [-0.2, 0) is 11.3 Å². The third-order valence-electron chi connectivity index (χ3n) is 3.24. The maximum absolute atomic E-state index is 9.17. The van der Waals surface area contributed by atoms with Gasteiger partial charge in [0.1, 0.15) is 6.07 Å². The molecule has 1 atom stereocenters. The van der Waals surface area contributed by atoms with Crippen molar-refractivity contribution in [3.63, 3.8) is 0 Å². The third kappa shape index (κ3) is 2.41. The summed E-state index contributed by atoms with van der Waals surface area (Å²) in [7, 11) is 1.73. The number of anilines is 1. The van der Waals surface area contributed by atoms with Gasteiger partial charge >= 0.3 is 0 Å². The van der Waals surface area contributed by atoms with Gasteiger partial charge in [-0.15, -0.1) is 0 Å². The molecule has 0 aromatic heterocycles. The van der Waals surface area contributed by atoms with Gasteiger partial charge in [0, 0.05) is 26.7 Å². The number of nitrogens with two attached hydrogens (primary N) is 1. The van der Waals surface area contributed by atoms with Gasteiger partial charge in [-0.2, -0.15) is 5.26 Å². The van der Waals surface area contributed by atoms with Crippen LogP contribution in [0.15, 0.2) is 18.2 Å². The number of rotatable bonds is 3. The quantitative estimate of drug-likeness (QED) is 0.850. The molecule has 0 radical (unpaired) electrons. The number of hydrogen-bond acceptors (Lipinski definition) is 4. The van der Waals surface area contributed by atoms with Crippen LogP contribution in [-0.4, -0.2) is 26.3 Å². The van der Waals surface area contributed by atoms with E-state index >= 15 is 0 Å². The van der Waals surface area contributed by atoms with Crippen molar-refractivity contribution in [2.24, 2.45) is 5.73 Å². The van der Waals surface area contributed by atoms with Crippen molar-refractivity contribution in [3.05, 3.63) is 29.3 Å². The van der Waals surface area contributed by atoms with Gasteiger partial charge in [-0.1, -0.05) is 6.07 Å². The van der Waals surface area contributed by atoms with Crippen LogP contribution in [0.5, 0.6) is 0 Å². The molecule has 17 heavy (non-hydrogen) atoms. The minimum atomic E-state index is 0.274. The molecule has 0 spiro atoms. The van der Waals surface area contributed by atoms with E-state index in [0.717, 1.165) is 30.8 Å². The first-order chi connectivity index (χ1) is 8.28. The number of nitriles is 1. The summed E-state index contributed by atoms with van der Waals surface area (Å²) in [6.07, 6.45) is 1.29. The summed E-state index contributed by atoms with van der Waals surface area (Å²) in [4.78, 5) is 2.20. The van der Waals surface area contributed by atoms with Gasteiger partial charge < -0.3 is 15.4 Å². The maximum atomic E-state index is 9.17. The molecule has 1 aromatic carbocycles. The van der Waals surface area contributed by atoms with Crippen LogP contribution >= 0.6 is 0 Å². The van der Waals surface area contributed by atoms with Crippen molar-refractivity contribution in [1.29, 1.82) is 5.26 Å². The lowest BCUT2D eigenvalue weighted by Gasteiger charge is -2.20. The Bertz CT molecular complexity index is 439. The summed E-state index contributed by atoms with van der Waals surface area (Å²) in [5, 5.41) is 9.17. The summed E-state index contributed by atoms with van der Waals surface area (Å²) in [6, 6.07) is 8.08. The predicted octanol–water partition coefficient (Wildman–Crippen LogP) is 1.24. The lowest BCUT2D eigenvalue weighted by molar-refractivity contribution is 0.121. The molecule has 2 N–H and O–H groups in total. The van der Waals surface area contributed by atoms with Crippen LogP contribution in [0.3, 0.4) is 0 Å². The van der Waals surface area contributed by atoms with Gasteiger partial charge in [0.25, 0.3) is 0 Å². The largest absolute Gasteiger partial charge is 0.380 e. The normalized spacial score (nSPS) is 19.4. The molecular weight excluding hydrogens is 214 g/mol. The Morgan fingerprint density at radius 3 is 3.00 bits per heavy atom. The molecule has 1 heterocycles. The van der Waals surface area contributed by atoms with Crippen LogP contribution < -0.4 is 10.6 Å². The first-order valence-electron chi connectivity index (χ1n) is 5.79. The van der Waals surface area contributed by atoms with Gasteiger partial charge in [0.15, 0.2) is 0 Å². The van der Waals surface area contributed by atoms with Crippen molar-refractivity contribution in [3.8, 4) is 6.07 Å². The molecule has 0 bridgehead atoms. The number of hydrogen-bond donors (Lipinski definition) is 1. The predicted molar refractivity (Wildman–Crippen MR) is 66.7 cm³/mol. The van der Waals surface area contributed by atoms with Crippen molar-refractivity contribution in [2.45, 2.75) is 19.1 Å². The lowest BCUT2D eigenvalue weighted by atomic mass is 10.1. The number of nitrogens with zero attached hydrogens (tertiary/aromatic N) is 2. The van der Waals surface area contributed by atoms with Crippen molar-refractivity contribution >= 4 is 5.69 Å². The van der Waals surface area contributed by atoms with Crippen LogP contribution in [0.4, 0.5) is 5.69 Å². The van der Waals surface area contributed by atoms with Crippen molar-refractivity contribution < 1.29 is 4.74 Å².